The third-order valence-corrected chi connectivity index (χ3v) is 4.74. The molecule has 6 nitrogen and oxygen atoms in total. The van der Waals surface area contributed by atoms with E-state index in [1.165, 1.54) is 0 Å². The summed E-state index contributed by atoms with van der Waals surface area (Å²) in [7, 11) is -3.57. The normalized spacial score (nSPS) is 31.3. The van der Waals surface area contributed by atoms with Crippen LogP contribution in [0.3, 0.4) is 0 Å². The van der Waals surface area contributed by atoms with Gasteiger partial charge in [0.25, 0.3) is 0 Å². The zero-order chi connectivity index (χ0) is 13.2. The van der Waals surface area contributed by atoms with Crippen LogP contribution in [-0.4, -0.2) is 44.9 Å². The monoisotopic (exact) mass is 276 g/mol. The molecule has 18 heavy (non-hydrogen) atoms. The van der Waals surface area contributed by atoms with E-state index in [0.29, 0.717) is 12.1 Å². The summed E-state index contributed by atoms with van der Waals surface area (Å²) >= 11 is 0. The standard InChI is InChI=1S/C11H20N2O4S/c1-2-17-11(14)7-18(15,16)13-10-5-8-3-4-9(6-10)12-8/h8-10,12-13H,2-7H2,1H3. The Hall–Kier alpha value is -0.660. The number of hydrogen-bond acceptors (Lipinski definition) is 5. The molecule has 2 atom stereocenters. The number of esters is 1. The van der Waals surface area contributed by atoms with Crippen LogP contribution in [0.2, 0.25) is 0 Å². The van der Waals surface area contributed by atoms with Gasteiger partial charge in [0.05, 0.1) is 6.61 Å². The Morgan fingerprint density at radius 1 is 1.33 bits per heavy atom. The van der Waals surface area contributed by atoms with Gasteiger partial charge in [0, 0.05) is 18.1 Å². The van der Waals surface area contributed by atoms with Crippen LogP contribution in [0.1, 0.15) is 32.6 Å². The zero-order valence-corrected chi connectivity index (χ0v) is 11.3. The van der Waals surface area contributed by atoms with Crippen molar-refractivity contribution in [3.8, 4) is 0 Å². The lowest BCUT2D eigenvalue weighted by Gasteiger charge is -2.29. The molecule has 0 aliphatic carbocycles. The maximum Gasteiger partial charge on any atom is 0.322 e. The fourth-order valence-corrected chi connectivity index (χ4v) is 3.98. The number of carbonyl (C=O) groups excluding carboxylic acids is 1. The highest BCUT2D eigenvalue weighted by Crippen LogP contribution is 2.27. The van der Waals surface area contributed by atoms with Gasteiger partial charge in [-0.15, -0.1) is 0 Å². The summed E-state index contributed by atoms with van der Waals surface area (Å²) in [4.78, 5) is 11.2. The van der Waals surface area contributed by atoms with Crippen molar-refractivity contribution in [1.82, 2.24) is 10.0 Å². The first-order valence-electron chi connectivity index (χ1n) is 6.40. The van der Waals surface area contributed by atoms with E-state index in [9.17, 15) is 13.2 Å². The van der Waals surface area contributed by atoms with Gasteiger partial charge in [-0.25, -0.2) is 13.1 Å². The van der Waals surface area contributed by atoms with E-state index in [1.807, 2.05) is 0 Å². The van der Waals surface area contributed by atoms with Crippen molar-refractivity contribution < 1.29 is 17.9 Å². The average Bonchev–Trinajstić information content (AvgIpc) is 2.56. The summed E-state index contributed by atoms with van der Waals surface area (Å²) in [6.07, 6.45) is 3.83. The van der Waals surface area contributed by atoms with E-state index < -0.39 is 21.7 Å². The van der Waals surface area contributed by atoms with Crippen molar-refractivity contribution in [2.45, 2.75) is 50.7 Å². The Bertz CT molecular complexity index is 397. The van der Waals surface area contributed by atoms with Crippen molar-refractivity contribution in [2.75, 3.05) is 12.4 Å². The minimum absolute atomic E-state index is 0.0526. The topological polar surface area (TPSA) is 84.5 Å². The first kappa shape index (κ1) is 13.8. The molecule has 7 heteroatoms. The van der Waals surface area contributed by atoms with Gasteiger partial charge in [-0.2, -0.15) is 0 Å². The van der Waals surface area contributed by atoms with Crippen LogP contribution in [0.25, 0.3) is 0 Å². The summed E-state index contributed by atoms with van der Waals surface area (Å²) in [6.45, 7) is 1.86. The quantitative estimate of drug-likeness (QED) is 0.677. The summed E-state index contributed by atoms with van der Waals surface area (Å²) < 4.78 is 30.8. The van der Waals surface area contributed by atoms with Crippen molar-refractivity contribution in [1.29, 1.82) is 0 Å². The van der Waals surface area contributed by atoms with Crippen LogP contribution in [0.4, 0.5) is 0 Å². The maximum absolute atomic E-state index is 11.8. The van der Waals surface area contributed by atoms with Crippen molar-refractivity contribution >= 4 is 16.0 Å². The minimum atomic E-state index is -3.57. The lowest BCUT2D eigenvalue weighted by Crippen LogP contribution is -2.49. The molecule has 2 saturated heterocycles. The van der Waals surface area contributed by atoms with E-state index in [1.54, 1.807) is 6.92 Å². The number of fused-ring (bicyclic) bond motifs is 2. The highest BCUT2D eigenvalue weighted by Gasteiger charge is 2.35. The fraction of sp³-hybridized carbons (Fsp3) is 0.909. The number of sulfonamides is 1. The van der Waals surface area contributed by atoms with E-state index in [4.69, 9.17) is 0 Å². The average molecular weight is 276 g/mol. The van der Waals surface area contributed by atoms with E-state index in [-0.39, 0.29) is 12.6 Å². The highest BCUT2D eigenvalue weighted by molar-refractivity contribution is 7.90. The Balaban J connectivity index is 1.86. The fourth-order valence-electron chi connectivity index (χ4n) is 2.81. The van der Waals surface area contributed by atoms with Crippen molar-refractivity contribution in [2.24, 2.45) is 0 Å². The SMILES string of the molecule is CCOC(=O)CS(=O)(=O)NC1CC2CCC(C1)N2. The van der Waals surface area contributed by atoms with Crippen LogP contribution in [0, 0.1) is 0 Å². The van der Waals surface area contributed by atoms with Gasteiger partial charge in [-0.1, -0.05) is 0 Å². The molecule has 0 amide bonds. The largest absolute Gasteiger partial charge is 0.465 e. The van der Waals surface area contributed by atoms with Gasteiger partial charge < -0.3 is 10.1 Å². The predicted octanol–water partition coefficient (Wildman–Crippen LogP) is -0.248. The Kier molecular flexibility index (Phi) is 4.24. The molecule has 2 fully saturated rings. The maximum atomic E-state index is 11.8. The van der Waals surface area contributed by atoms with E-state index >= 15 is 0 Å². The molecule has 2 aliphatic rings. The molecular weight excluding hydrogens is 256 g/mol. The first-order valence-corrected chi connectivity index (χ1v) is 8.05. The van der Waals surface area contributed by atoms with Crippen molar-refractivity contribution in [3.05, 3.63) is 0 Å². The minimum Gasteiger partial charge on any atom is -0.465 e. The van der Waals surface area contributed by atoms with Gasteiger partial charge in [-0.05, 0) is 32.6 Å². The predicted molar refractivity (Wildman–Crippen MR) is 66.5 cm³/mol. The summed E-state index contributed by atoms with van der Waals surface area (Å²) in [5.74, 6) is -1.28. The highest BCUT2D eigenvalue weighted by atomic mass is 32.2. The molecule has 2 unspecified atom stereocenters. The lowest BCUT2D eigenvalue weighted by atomic mass is 10.0. The Morgan fingerprint density at radius 2 is 1.94 bits per heavy atom. The van der Waals surface area contributed by atoms with Gasteiger partial charge in [0.1, 0.15) is 0 Å². The third kappa shape index (κ3) is 3.66. The molecule has 2 heterocycles. The molecule has 0 spiro atoms. The lowest BCUT2D eigenvalue weighted by molar-refractivity contribution is -0.139. The van der Waals surface area contributed by atoms with Crippen LogP contribution in [0.5, 0.6) is 0 Å². The molecule has 0 radical (unpaired) electrons. The van der Waals surface area contributed by atoms with Gasteiger partial charge in [0.15, 0.2) is 5.75 Å². The third-order valence-electron chi connectivity index (χ3n) is 3.43. The number of carbonyl (C=O) groups is 1. The van der Waals surface area contributed by atoms with Crippen LogP contribution in [0.15, 0.2) is 0 Å². The Morgan fingerprint density at radius 3 is 2.50 bits per heavy atom. The molecule has 2 bridgehead atoms. The molecular formula is C11H20N2O4S. The van der Waals surface area contributed by atoms with Crippen LogP contribution < -0.4 is 10.0 Å². The van der Waals surface area contributed by atoms with Crippen molar-refractivity contribution in [3.63, 3.8) is 0 Å². The zero-order valence-electron chi connectivity index (χ0n) is 10.5. The van der Waals surface area contributed by atoms with Gasteiger partial charge >= 0.3 is 5.97 Å². The van der Waals surface area contributed by atoms with E-state index in [2.05, 4.69) is 14.8 Å². The van der Waals surface area contributed by atoms with Gasteiger partial charge in [0.2, 0.25) is 10.0 Å². The smallest absolute Gasteiger partial charge is 0.322 e. The molecule has 0 saturated carbocycles. The molecule has 0 aromatic heterocycles. The Labute approximate surface area is 108 Å². The van der Waals surface area contributed by atoms with Crippen LogP contribution >= 0.6 is 0 Å². The van der Waals surface area contributed by atoms with Gasteiger partial charge in [-0.3, -0.25) is 4.79 Å². The van der Waals surface area contributed by atoms with E-state index in [0.717, 1.165) is 25.7 Å². The number of rotatable bonds is 5. The molecule has 104 valence electrons. The molecule has 2 aliphatic heterocycles. The second-order valence-electron chi connectivity index (χ2n) is 4.99. The molecule has 0 aromatic rings. The number of hydrogen-bond donors (Lipinski definition) is 2. The number of piperidine rings is 1. The number of ether oxygens (including phenoxy) is 1. The second-order valence-corrected chi connectivity index (χ2v) is 6.74. The summed E-state index contributed by atoms with van der Waals surface area (Å²) in [6, 6.07) is 0.779. The first-order chi connectivity index (χ1) is 8.48. The summed E-state index contributed by atoms with van der Waals surface area (Å²) in [5, 5.41) is 3.44. The second kappa shape index (κ2) is 5.54. The van der Waals surface area contributed by atoms with Crippen LogP contribution in [-0.2, 0) is 19.6 Å². The summed E-state index contributed by atoms with van der Waals surface area (Å²) in [5.41, 5.74) is 0. The molecule has 2 N–H and O–H groups in total. The molecule has 0 aromatic carbocycles. The molecule has 2 rings (SSSR count). The number of nitrogens with one attached hydrogen (secondary N) is 2.